The molecule has 1 N–H and O–H groups in total. The molecule has 154 valence electrons. The molecule has 9 heteroatoms. The molecule has 0 saturated carbocycles. The van der Waals surface area contributed by atoms with Crippen molar-refractivity contribution in [3.8, 4) is 16.4 Å². The molecule has 1 saturated heterocycles. The van der Waals surface area contributed by atoms with Crippen LogP contribution in [-0.4, -0.2) is 52.3 Å². The highest BCUT2D eigenvalue weighted by Gasteiger charge is 2.28. The zero-order valence-electron chi connectivity index (χ0n) is 16.0. The van der Waals surface area contributed by atoms with Gasteiger partial charge in [0.05, 0.1) is 10.6 Å². The summed E-state index contributed by atoms with van der Waals surface area (Å²) in [6.07, 6.45) is 2.08. The van der Waals surface area contributed by atoms with Gasteiger partial charge in [-0.3, -0.25) is 4.79 Å². The molecule has 3 heterocycles. The summed E-state index contributed by atoms with van der Waals surface area (Å²) in [6.45, 7) is 2.29. The van der Waals surface area contributed by atoms with Gasteiger partial charge in [0, 0.05) is 13.1 Å². The number of piperidine rings is 1. The maximum absolute atomic E-state index is 13.8. The molecule has 1 amide bonds. The second-order valence-electron chi connectivity index (χ2n) is 6.95. The van der Waals surface area contributed by atoms with Gasteiger partial charge in [0.2, 0.25) is 5.82 Å². The van der Waals surface area contributed by atoms with Crippen molar-refractivity contribution >= 4 is 29.7 Å². The molecule has 2 aromatic heterocycles. The third-order valence-corrected chi connectivity index (χ3v) is 5.76. The Bertz CT molecular complexity index is 960. The Morgan fingerprint density at radius 3 is 2.93 bits per heavy atom. The van der Waals surface area contributed by atoms with Gasteiger partial charge in [0.15, 0.2) is 5.82 Å². The van der Waals surface area contributed by atoms with Crippen LogP contribution in [0.2, 0.25) is 0 Å². The van der Waals surface area contributed by atoms with Gasteiger partial charge in [-0.25, -0.2) is 14.1 Å². The van der Waals surface area contributed by atoms with Gasteiger partial charge in [0.25, 0.3) is 5.91 Å². The molecule has 1 aliphatic rings. The standard InChI is InChI=1S/C20H22FN5OS.ClH/c1-22-12-14-5-3-9-25(13-14)20(27)18-23-19(17-8-4-10-28-17)26(24-18)16-7-2-6-15(21)11-16;/h2,4,6-8,10-11,14,22H,3,5,9,12-13H2,1H3;1H. The lowest BCUT2D eigenvalue weighted by Gasteiger charge is -2.31. The molecule has 3 aromatic rings. The first-order chi connectivity index (χ1) is 13.7. The van der Waals surface area contributed by atoms with Crippen molar-refractivity contribution in [1.82, 2.24) is 25.0 Å². The number of carbonyl (C=O) groups excluding carboxylic acids is 1. The molecule has 1 atom stereocenters. The molecule has 0 bridgehead atoms. The molecule has 1 unspecified atom stereocenters. The van der Waals surface area contributed by atoms with E-state index in [4.69, 9.17) is 0 Å². The fourth-order valence-corrected chi connectivity index (χ4v) is 4.30. The Balaban J connectivity index is 0.00000240. The van der Waals surface area contributed by atoms with E-state index >= 15 is 0 Å². The topological polar surface area (TPSA) is 63.1 Å². The number of likely N-dealkylation sites (tertiary alicyclic amines) is 1. The number of nitrogens with zero attached hydrogens (tertiary/aromatic N) is 4. The van der Waals surface area contributed by atoms with Gasteiger partial charge in [-0.2, -0.15) is 0 Å². The van der Waals surface area contributed by atoms with Gasteiger partial charge < -0.3 is 10.2 Å². The summed E-state index contributed by atoms with van der Waals surface area (Å²) < 4.78 is 15.3. The van der Waals surface area contributed by atoms with Crippen LogP contribution in [-0.2, 0) is 0 Å². The lowest BCUT2D eigenvalue weighted by Crippen LogP contribution is -2.42. The summed E-state index contributed by atoms with van der Waals surface area (Å²) in [5, 5.41) is 9.59. The molecule has 0 aliphatic carbocycles. The second-order valence-corrected chi connectivity index (χ2v) is 7.89. The van der Waals surface area contributed by atoms with Crippen molar-refractivity contribution in [3.05, 3.63) is 53.4 Å². The summed E-state index contributed by atoms with van der Waals surface area (Å²) in [5.74, 6) is 0.605. The lowest BCUT2D eigenvalue weighted by atomic mass is 9.98. The van der Waals surface area contributed by atoms with Crippen LogP contribution in [0.25, 0.3) is 16.4 Å². The molecule has 29 heavy (non-hydrogen) atoms. The van der Waals surface area contributed by atoms with Gasteiger partial charge >= 0.3 is 0 Å². The van der Waals surface area contributed by atoms with E-state index in [1.165, 1.54) is 23.5 Å². The lowest BCUT2D eigenvalue weighted by molar-refractivity contribution is 0.0662. The summed E-state index contributed by atoms with van der Waals surface area (Å²) in [4.78, 5) is 20.3. The van der Waals surface area contributed by atoms with Crippen molar-refractivity contribution in [1.29, 1.82) is 0 Å². The number of aromatic nitrogens is 3. The predicted octanol–water partition coefficient (Wildman–Crippen LogP) is 3.63. The van der Waals surface area contributed by atoms with Gasteiger partial charge in [-0.15, -0.1) is 28.8 Å². The van der Waals surface area contributed by atoms with Crippen LogP contribution in [0.3, 0.4) is 0 Å². The summed E-state index contributed by atoms with van der Waals surface area (Å²) in [5.41, 5.74) is 0.543. The third kappa shape index (κ3) is 4.66. The summed E-state index contributed by atoms with van der Waals surface area (Å²) in [7, 11) is 1.93. The number of thiophene rings is 1. The van der Waals surface area contributed by atoms with Crippen LogP contribution in [0.4, 0.5) is 4.39 Å². The minimum atomic E-state index is -0.357. The Labute approximate surface area is 179 Å². The molecule has 0 radical (unpaired) electrons. The van der Waals surface area contributed by atoms with E-state index in [9.17, 15) is 9.18 Å². The second kappa shape index (κ2) is 9.47. The number of hydrogen-bond acceptors (Lipinski definition) is 5. The number of halogens is 2. The van der Waals surface area contributed by atoms with Crippen molar-refractivity contribution < 1.29 is 9.18 Å². The largest absolute Gasteiger partial charge is 0.336 e. The molecular formula is C20H23ClFN5OS. The average Bonchev–Trinajstić information content (AvgIpc) is 3.37. The molecule has 1 aliphatic heterocycles. The van der Waals surface area contributed by atoms with E-state index in [-0.39, 0.29) is 30.0 Å². The third-order valence-electron chi connectivity index (χ3n) is 4.89. The SMILES string of the molecule is CNCC1CCCN(C(=O)c2nc(-c3cccs3)n(-c3cccc(F)c3)n2)C1.Cl. The predicted molar refractivity (Wildman–Crippen MR) is 114 cm³/mol. The van der Waals surface area contributed by atoms with E-state index < -0.39 is 0 Å². The van der Waals surface area contributed by atoms with Gasteiger partial charge in [-0.05, 0) is 62.0 Å². The van der Waals surface area contributed by atoms with Crippen LogP contribution in [0.15, 0.2) is 41.8 Å². The molecule has 6 nitrogen and oxygen atoms in total. The Morgan fingerprint density at radius 2 is 2.21 bits per heavy atom. The maximum atomic E-state index is 13.8. The summed E-state index contributed by atoms with van der Waals surface area (Å²) >= 11 is 1.51. The fourth-order valence-electron chi connectivity index (χ4n) is 3.60. The van der Waals surface area contributed by atoms with Crippen molar-refractivity contribution in [2.24, 2.45) is 5.92 Å². The first-order valence-electron chi connectivity index (χ1n) is 9.36. The van der Waals surface area contributed by atoms with Crippen molar-refractivity contribution in [2.75, 3.05) is 26.7 Å². The Kier molecular flexibility index (Phi) is 7.00. The van der Waals surface area contributed by atoms with Gasteiger partial charge in [-0.1, -0.05) is 12.1 Å². The average molecular weight is 436 g/mol. The summed E-state index contributed by atoms with van der Waals surface area (Å²) in [6, 6.07) is 9.99. The fraction of sp³-hybridized carbons (Fsp3) is 0.350. The van der Waals surface area contributed by atoms with Crippen LogP contribution in [0.5, 0.6) is 0 Å². The van der Waals surface area contributed by atoms with Crippen LogP contribution < -0.4 is 5.32 Å². The Hall–Kier alpha value is -2.29. The van der Waals surface area contributed by atoms with Crippen molar-refractivity contribution in [3.63, 3.8) is 0 Å². The zero-order valence-corrected chi connectivity index (χ0v) is 17.7. The monoisotopic (exact) mass is 435 g/mol. The quantitative estimate of drug-likeness (QED) is 0.664. The number of carbonyl (C=O) groups is 1. The number of hydrogen-bond donors (Lipinski definition) is 1. The smallest absolute Gasteiger partial charge is 0.293 e. The van der Waals surface area contributed by atoms with E-state index in [0.717, 1.165) is 24.3 Å². The number of rotatable bonds is 5. The zero-order chi connectivity index (χ0) is 19.5. The van der Waals surface area contributed by atoms with Crippen LogP contribution in [0.1, 0.15) is 23.5 Å². The minimum Gasteiger partial charge on any atom is -0.336 e. The molecule has 1 fully saturated rings. The van der Waals surface area contributed by atoms with Crippen LogP contribution >= 0.6 is 23.7 Å². The highest BCUT2D eigenvalue weighted by molar-refractivity contribution is 7.13. The molecule has 0 spiro atoms. The molecule has 1 aromatic carbocycles. The highest BCUT2D eigenvalue weighted by Crippen LogP contribution is 2.26. The van der Waals surface area contributed by atoms with Crippen LogP contribution in [0, 0.1) is 11.7 Å². The molecule has 4 rings (SSSR count). The number of benzene rings is 1. The van der Waals surface area contributed by atoms with E-state index in [1.54, 1.807) is 16.8 Å². The van der Waals surface area contributed by atoms with E-state index in [0.29, 0.717) is 30.5 Å². The normalized spacial score (nSPS) is 16.5. The molecular weight excluding hydrogens is 413 g/mol. The Morgan fingerprint density at radius 1 is 1.34 bits per heavy atom. The highest BCUT2D eigenvalue weighted by atomic mass is 35.5. The maximum Gasteiger partial charge on any atom is 0.293 e. The number of amides is 1. The first-order valence-corrected chi connectivity index (χ1v) is 10.2. The first kappa shape index (κ1) is 21.4. The van der Waals surface area contributed by atoms with E-state index in [2.05, 4.69) is 15.4 Å². The van der Waals surface area contributed by atoms with E-state index in [1.807, 2.05) is 29.5 Å². The van der Waals surface area contributed by atoms with Gasteiger partial charge in [0.1, 0.15) is 5.82 Å². The number of nitrogens with one attached hydrogen (secondary N) is 1. The van der Waals surface area contributed by atoms with Crippen molar-refractivity contribution in [2.45, 2.75) is 12.8 Å². The minimum absolute atomic E-state index is 0.